The highest BCUT2D eigenvalue weighted by molar-refractivity contribution is 9.10. The van der Waals surface area contributed by atoms with Crippen LogP contribution in [0.3, 0.4) is 0 Å². The van der Waals surface area contributed by atoms with Crippen molar-refractivity contribution in [2.45, 2.75) is 6.54 Å². The summed E-state index contributed by atoms with van der Waals surface area (Å²) in [6.45, 7) is 0.422. The summed E-state index contributed by atoms with van der Waals surface area (Å²) in [4.78, 5) is 13.9. The summed E-state index contributed by atoms with van der Waals surface area (Å²) in [5.41, 5.74) is 1.20. The van der Waals surface area contributed by atoms with E-state index in [0.717, 1.165) is 10.0 Å². The van der Waals surface area contributed by atoms with Crippen molar-refractivity contribution in [2.75, 3.05) is 7.05 Å². The zero-order chi connectivity index (χ0) is 14.7. The van der Waals surface area contributed by atoms with Crippen LogP contribution in [0.1, 0.15) is 15.9 Å². The maximum Gasteiger partial charge on any atom is 0.257 e. The predicted octanol–water partition coefficient (Wildman–Crippen LogP) is 4.08. The first-order chi connectivity index (χ1) is 9.47. The molecule has 3 nitrogen and oxygen atoms in total. The Morgan fingerprint density at radius 1 is 1.30 bits per heavy atom. The Bertz CT molecular complexity index is 646. The molecule has 0 aliphatic carbocycles. The lowest BCUT2D eigenvalue weighted by Gasteiger charge is -2.18. The van der Waals surface area contributed by atoms with Gasteiger partial charge in [-0.25, -0.2) is 0 Å². The second-order valence-corrected chi connectivity index (χ2v) is 5.80. The lowest BCUT2D eigenvalue weighted by Crippen LogP contribution is -2.26. The molecule has 0 aliphatic heterocycles. The average Bonchev–Trinajstić information content (AvgIpc) is 2.40. The van der Waals surface area contributed by atoms with E-state index in [9.17, 15) is 9.90 Å². The summed E-state index contributed by atoms with van der Waals surface area (Å²) in [6, 6.07) is 12.1. The Kier molecular flexibility index (Phi) is 4.68. The second-order valence-electron chi connectivity index (χ2n) is 4.45. The molecule has 0 spiro atoms. The molecule has 2 rings (SSSR count). The summed E-state index contributed by atoms with van der Waals surface area (Å²) in [5, 5.41) is 10.4. The van der Waals surface area contributed by atoms with Crippen LogP contribution in [0.25, 0.3) is 0 Å². The van der Waals surface area contributed by atoms with Crippen LogP contribution in [0, 0.1) is 0 Å². The number of benzene rings is 2. The summed E-state index contributed by atoms with van der Waals surface area (Å²) >= 11 is 9.21. The van der Waals surface area contributed by atoms with Gasteiger partial charge in [-0.05, 0) is 35.9 Å². The summed E-state index contributed by atoms with van der Waals surface area (Å²) in [5.74, 6) is -0.278. The molecular weight excluding hydrogens is 342 g/mol. The van der Waals surface area contributed by atoms with E-state index >= 15 is 0 Å². The van der Waals surface area contributed by atoms with E-state index in [-0.39, 0.29) is 17.2 Å². The first-order valence-electron chi connectivity index (χ1n) is 5.96. The summed E-state index contributed by atoms with van der Waals surface area (Å²) in [6.07, 6.45) is 0. The zero-order valence-corrected chi connectivity index (χ0v) is 13.1. The molecule has 0 aromatic heterocycles. The molecule has 2 aromatic carbocycles. The van der Waals surface area contributed by atoms with Crippen molar-refractivity contribution < 1.29 is 9.90 Å². The number of nitrogens with zero attached hydrogens (tertiary/aromatic N) is 1. The highest BCUT2D eigenvalue weighted by Crippen LogP contribution is 2.23. The van der Waals surface area contributed by atoms with Crippen molar-refractivity contribution >= 4 is 33.4 Å². The van der Waals surface area contributed by atoms with E-state index in [1.807, 2.05) is 18.2 Å². The minimum Gasteiger partial charge on any atom is -0.507 e. The van der Waals surface area contributed by atoms with E-state index in [2.05, 4.69) is 15.9 Å². The maximum absolute atomic E-state index is 12.3. The van der Waals surface area contributed by atoms with Gasteiger partial charge in [0.1, 0.15) is 5.75 Å². The van der Waals surface area contributed by atoms with Crippen LogP contribution in [0.4, 0.5) is 0 Å². The quantitative estimate of drug-likeness (QED) is 0.902. The third-order valence-corrected chi connectivity index (χ3v) is 3.57. The molecule has 0 heterocycles. The van der Waals surface area contributed by atoms with Crippen molar-refractivity contribution in [1.29, 1.82) is 0 Å². The molecular formula is C15H13BrClNO2. The van der Waals surface area contributed by atoms with Crippen LogP contribution in [0.15, 0.2) is 46.9 Å². The molecule has 0 saturated carbocycles. The fourth-order valence-corrected chi connectivity index (χ4v) is 2.44. The smallest absolute Gasteiger partial charge is 0.257 e. The van der Waals surface area contributed by atoms with Gasteiger partial charge in [-0.15, -0.1) is 0 Å². The first kappa shape index (κ1) is 14.9. The predicted molar refractivity (Wildman–Crippen MR) is 83.1 cm³/mol. The molecule has 0 radical (unpaired) electrons. The Morgan fingerprint density at radius 3 is 2.75 bits per heavy atom. The molecule has 2 aromatic rings. The number of phenolic OH excluding ortho intramolecular Hbond substituents is 1. The first-order valence-corrected chi connectivity index (χ1v) is 7.13. The SMILES string of the molecule is CN(Cc1cccc(Cl)c1)C(=O)c1cc(Br)ccc1O. The topological polar surface area (TPSA) is 40.5 Å². The number of amides is 1. The Morgan fingerprint density at radius 2 is 2.05 bits per heavy atom. The van der Waals surface area contributed by atoms with E-state index in [1.54, 1.807) is 25.2 Å². The minimum atomic E-state index is -0.247. The van der Waals surface area contributed by atoms with Gasteiger partial charge in [-0.2, -0.15) is 0 Å². The van der Waals surface area contributed by atoms with Crippen molar-refractivity contribution in [3.8, 4) is 5.75 Å². The van der Waals surface area contributed by atoms with Crippen molar-refractivity contribution in [1.82, 2.24) is 4.90 Å². The largest absolute Gasteiger partial charge is 0.507 e. The summed E-state index contributed by atoms with van der Waals surface area (Å²) < 4.78 is 0.745. The number of hydrogen-bond donors (Lipinski definition) is 1. The van der Waals surface area contributed by atoms with Crippen LogP contribution >= 0.6 is 27.5 Å². The van der Waals surface area contributed by atoms with Gasteiger partial charge in [0.05, 0.1) is 5.56 Å². The molecule has 0 bridgehead atoms. The van der Waals surface area contributed by atoms with E-state index in [0.29, 0.717) is 11.6 Å². The normalized spacial score (nSPS) is 10.3. The molecule has 0 fully saturated rings. The molecule has 0 unspecified atom stereocenters. The van der Waals surface area contributed by atoms with Gasteiger partial charge in [0, 0.05) is 23.1 Å². The van der Waals surface area contributed by atoms with Crippen LogP contribution in [-0.4, -0.2) is 23.0 Å². The maximum atomic E-state index is 12.3. The Hall–Kier alpha value is -1.52. The number of carbonyl (C=O) groups is 1. The third kappa shape index (κ3) is 3.52. The number of hydrogen-bond acceptors (Lipinski definition) is 2. The van der Waals surface area contributed by atoms with E-state index < -0.39 is 0 Å². The molecule has 1 N–H and O–H groups in total. The second kappa shape index (κ2) is 6.29. The zero-order valence-electron chi connectivity index (χ0n) is 10.8. The van der Waals surface area contributed by atoms with E-state index in [1.165, 1.54) is 11.0 Å². The molecule has 1 amide bonds. The summed E-state index contributed by atoms with van der Waals surface area (Å²) in [7, 11) is 1.68. The van der Waals surface area contributed by atoms with Gasteiger partial charge in [0.2, 0.25) is 0 Å². The van der Waals surface area contributed by atoms with Gasteiger partial charge in [-0.3, -0.25) is 4.79 Å². The Labute approximate surface area is 130 Å². The number of aromatic hydroxyl groups is 1. The van der Waals surface area contributed by atoms with Gasteiger partial charge in [0.15, 0.2) is 0 Å². The molecule has 5 heteroatoms. The number of carbonyl (C=O) groups excluding carboxylic acids is 1. The molecule has 20 heavy (non-hydrogen) atoms. The fourth-order valence-electron chi connectivity index (χ4n) is 1.87. The van der Waals surface area contributed by atoms with Crippen molar-refractivity contribution in [2.24, 2.45) is 0 Å². The number of phenols is 1. The lowest BCUT2D eigenvalue weighted by molar-refractivity contribution is 0.0782. The van der Waals surface area contributed by atoms with Crippen molar-refractivity contribution in [3.05, 3.63) is 63.1 Å². The Balaban J connectivity index is 2.18. The molecule has 0 saturated heterocycles. The molecule has 0 aliphatic rings. The highest BCUT2D eigenvalue weighted by Gasteiger charge is 2.16. The highest BCUT2D eigenvalue weighted by atomic mass is 79.9. The monoisotopic (exact) mass is 353 g/mol. The minimum absolute atomic E-state index is 0.0313. The lowest BCUT2D eigenvalue weighted by atomic mass is 10.1. The molecule has 104 valence electrons. The molecule has 0 atom stereocenters. The van der Waals surface area contributed by atoms with Gasteiger partial charge >= 0.3 is 0 Å². The third-order valence-electron chi connectivity index (χ3n) is 2.84. The van der Waals surface area contributed by atoms with Gasteiger partial charge in [-0.1, -0.05) is 39.7 Å². The van der Waals surface area contributed by atoms with Crippen molar-refractivity contribution in [3.63, 3.8) is 0 Å². The number of halogens is 2. The standard InChI is InChI=1S/C15H13BrClNO2/c1-18(9-10-3-2-4-12(17)7-10)15(20)13-8-11(16)5-6-14(13)19/h2-8,19H,9H2,1H3. The van der Waals surface area contributed by atoms with E-state index in [4.69, 9.17) is 11.6 Å². The number of rotatable bonds is 3. The van der Waals surface area contributed by atoms with Crippen LogP contribution < -0.4 is 0 Å². The van der Waals surface area contributed by atoms with Crippen LogP contribution in [-0.2, 0) is 6.54 Å². The fraction of sp³-hybridized carbons (Fsp3) is 0.133. The average molecular weight is 355 g/mol. The van der Waals surface area contributed by atoms with Crippen LogP contribution in [0.5, 0.6) is 5.75 Å². The van der Waals surface area contributed by atoms with Gasteiger partial charge in [0.25, 0.3) is 5.91 Å². The van der Waals surface area contributed by atoms with Gasteiger partial charge < -0.3 is 10.0 Å². The van der Waals surface area contributed by atoms with Crippen LogP contribution in [0.2, 0.25) is 5.02 Å².